The summed E-state index contributed by atoms with van der Waals surface area (Å²) in [5.74, 6) is 5.74. The van der Waals surface area contributed by atoms with Crippen molar-refractivity contribution in [2.24, 2.45) is 0 Å². The van der Waals surface area contributed by atoms with Crippen LogP contribution in [0, 0.1) is 5.41 Å². The van der Waals surface area contributed by atoms with Gasteiger partial charge in [-0.25, -0.2) is 14.6 Å². The summed E-state index contributed by atoms with van der Waals surface area (Å²) in [7, 11) is 0. The van der Waals surface area contributed by atoms with E-state index in [2.05, 4.69) is 25.9 Å². The molecule has 5 nitrogen and oxygen atoms in total. The lowest BCUT2D eigenvalue weighted by Crippen LogP contribution is -2.28. The van der Waals surface area contributed by atoms with Crippen molar-refractivity contribution >= 4 is 38.7 Å². The van der Waals surface area contributed by atoms with Crippen LogP contribution in [0.15, 0.2) is 21.9 Å². The van der Waals surface area contributed by atoms with E-state index in [1.165, 1.54) is 16.4 Å². The maximum absolute atomic E-state index is 7.68. The van der Waals surface area contributed by atoms with Gasteiger partial charge in [0, 0.05) is 11.6 Å². The van der Waals surface area contributed by atoms with Crippen molar-refractivity contribution in [3.63, 3.8) is 0 Å². The highest BCUT2D eigenvalue weighted by molar-refractivity contribution is 9.10. The second kappa shape index (κ2) is 3.82. The summed E-state index contributed by atoms with van der Waals surface area (Å²) >= 11 is 4.69. The number of nitrogens with zero attached hydrogens (tertiary/aromatic N) is 3. The summed E-state index contributed by atoms with van der Waals surface area (Å²) in [5, 5.41) is 9.12. The maximum atomic E-state index is 7.68. The van der Waals surface area contributed by atoms with E-state index in [-0.39, 0.29) is 5.49 Å². The predicted octanol–water partition coefficient (Wildman–Crippen LogP) is 1.11. The number of thioether (sulfide) groups is 1. The van der Waals surface area contributed by atoms with Gasteiger partial charge < -0.3 is 5.84 Å². The van der Waals surface area contributed by atoms with Crippen LogP contribution in [0.1, 0.15) is 0 Å². The lowest BCUT2D eigenvalue weighted by molar-refractivity contribution is 0.868. The summed E-state index contributed by atoms with van der Waals surface area (Å²) in [4.78, 5) is 8.38. The van der Waals surface area contributed by atoms with Crippen molar-refractivity contribution in [1.29, 1.82) is 5.41 Å². The minimum absolute atomic E-state index is 0.188. The average molecular weight is 286 g/mol. The Hall–Kier alpha value is -1.08. The number of hydrogen-bond acceptors (Lipinski definition) is 5. The van der Waals surface area contributed by atoms with Gasteiger partial charge in [0.1, 0.15) is 0 Å². The third-order valence-corrected chi connectivity index (χ3v) is 3.10. The third kappa shape index (κ3) is 1.72. The SMILES string of the molecule is CSc1ncc2cc(Br)c(=N)n(N)c2n1. The van der Waals surface area contributed by atoms with Gasteiger partial charge in [0.05, 0.1) is 4.47 Å². The summed E-state index contributed by atoms with van der Waals surface area (Å²) in [6.45, 7) is 0. The Kier molecular flexibility index (Phi) is 2.66. The largest absolute Gasteiger partial charge is 0.336 e. The van der Waals surface area contributed by atoms with Crippen LogP contribution in [0.4, 0.5) is 0 Å². The number of aromatic nitrogens is 3. The number of nitrogens with two attached hydrogens (primary N) is 1. The fourth-order valence-electron chi connectivity index (χ4n) is 1.19. The van der Waals surface area contributed by atoms with Gasteiger partial charge in [-0.15, -0.1) is 0 Å². The fraction of sp³-hybridized carbons (Fsp3) is 0.125. The highest BCUT2D eigenvalue weighted by Crippen LogP contribution is 2.15. The van der Waals surface area contributed by atoms with Gasteiger partial charge in [0.2, 0.25) is 0 Å². The molecule has 0 aliphatic heterocycles. The van der Waals surface area contributed by atoms with Crippen LogP contribution < -0.4 is 11.3 Å². The molecule has 0 saturated carbocycles. The number of pyridine rings is 1. The molecule has 0 radical (unpaired) electrons. The summed E-state index contributed by atoms with van der Waals surface area (Å²) in [6.07, 6.45) is 3.59. The molecule has 15 heavy (non-hydrogen) atoms. The Morgan fingerprint density at radius 1 is 1.60 bits per heavy atom. The molecule has 0 aliphatic carbocycles. The summed E-state index contributed by atoms with van der Waals surface area (Å²) in [5.41, 5.74) is 0.746. The second-order valence-electron chi connectivity index (χ2n) is 2.85. The predicted molar refractivity (Wildman–Crippen MR) is 63.0 cm³/mol. The van der Waals surface area contributed by atoms with E-state index in [1.807, 2.05) is 6.26 Å². The second-order valence-corrected chi connectivity index (χ2v) is 4.47. The van der Waals surface area contributed by atoms with E-state index in [9.17, 15) is 0 Å². The van der Waals surface area contributed by atoms with Crippen molar-refractivity contribution in [2.45, 2.75) is 5.16 Å². The first-order valence-electron chi connectivity index (χ1n) is 4.05. The van der Waals surface area contributed by atoms with Gasteiger partial charge in [0.25, 0.3) is 0 Å². The molecule has 0 amide bonds. The zero-order valence-electron chi connectivity index (χ0n) is 7.86. The maximum Gasteiger partial charge on any atom is 0.189 e. The van der Waals surface area contributed by atoms with E-state index in [4.69, 9.17) is 11.3 Å². The lowest BCUT2D eigenvalue weighted by atomic mass is 10.3. The molecule has 2 aromatic heterocycles. The Balaban J connectivity index is 2.88. The molecule has 2 heterocycles. The first-order valence-corrected chi connectivity index (χ1v) is 6.07. The van der Waals surface area contributed by atoms with Crippen LogP contribution >= 0.6 is 27.7 Å². The van der Waals surface area contributed by atoms with Gasteiger partial charge in [-0.1, -0.05) is 11.8 Å². The molecule has 0 spiro atoms. The van der Waals surface area contributed by atoms with E-state index in [1.54, 1.807) is 12.3 Å². The summed E-state index contributed by atoms with van der Waals surface area (Å²) < 4.78 is 1.86. The number of nitrogens with one attached hydrogen (secondary N) is 1. The third-order valence-electron chi connectivity index (χ3n) is 1.93. The van der Waals surface area contributed by atoms with Gasteiger partial charge in [0.15, 0.2) is 16.3 Å². The van der Waals surface area contributed by atoms with Crippen LogP contribution in [0.3, 0.4) is 0 Å². The van der Waals surface area contributed by atoms with E-state index in [0.717, 1.165) is 5.39 Å². The van der Waals surface area contributed by atoms with Crippen LogP contribution in [0.5, 0.6) is 0 Å². The van der Waals surface area contributed by atoms with Crippen LogP contribution in [0.2, 0.25) is 0 Å². The molecule has 0 saturated heterocycles. The smallest absolute Gasteiger partial charge is 0.189 e. The average Bonchev–Trinajstić information content (AvgIpc) is 2.26. The van der Waals surface area contributed by atoms with Crippen LogP contribution in [0.25, 0.3) is 11.0 Å². The van der Waals surface area contributed by atoms with E-state index < -0.39 is 0 Å². The molecular formula is C8H8BrN5S. The molecule has 2 rings (SSSR count). The Labute approximate surface area is 98.3 Å². The number of hydrogen-bond donors (Lipinski definition) is 2. The van der Waals surface area contributed by atoms with Crippen molar-refractivity contribution in [1.82, 2.24) is 14.6 Å². The molecule has 0 unspecified atom stereocenters. The van der Waals surface area contributed by atoms with E-state index >= 15 is 0 Å². The first kappa shape index (κ1) is 10.4. The van der Waals surface area contributed by atoms with Crippen molar-refractivity contribution in [2.75, 3.05) is 12.1 Å². The van der Waals surface area contributed by atoms with Crippen molar-refractivity contribution in [3.8, 4) is 0 Å². The minimum atomic E-state index is 0.188. The van der Waals surface area contributed by atoms with Gasteiger partial charge in [-0.3, -0.25) is 5.41 Å². The zero-order valence-corrected chi connectivity index (χ0v) is 10.3. The molecule has 0 aromatic carbocycles. The highest BCUT2D eigenvalue weighted by Gasteiger charge is 2.05. The van der Waals surface area contributed by atoms with E-state index in [0.29, 0.717) is 15.3 Å². The lowest BCUT2D eigenvalue weighted by Gasteiger charge is -2.06. The Morgan fingerprint density at radius 2 is 2.33 bits per heavy atom. The molecular weight excluding hydrogens is 278 g/mol. The van der Waals surface area contributed by atoms with Gasteiger partial charge >= 0.3 is 0 Å². The molecule has 2 aromatic rings. The normalized spacial score (nSPS) is 10.8. The van der Waals surface area contributed by atoms with Gasteiger partial charge in [-0.2, -0.15) is 0 Å². The molecule has 78 valence electrons. The molecule has 0 aliphatic rings. The standard InChI is InChI=1S/C8H8BrN5S/c1-15-8-12-3-4-2-5(9)6(10)14(11)7(4)13-8/h2-3,10H,11H2,1H3. The molecule has 0 bridgehead atoms. The quantitative estimate of drug-likeness (QED) is 0.467. The number of nitrogen functional groups attached to an aromatic ring is 1. The Bertz CT molecular complexity index is 579. The first-order chi connectivity index (χ1) is 7.13. The number of halogens is 1. The zero-order chi connectivity index (χ0) is 11.0. The summed E-state index contributed by atoms with van der Waals surface area (Å²) in [6, 6.07) is 1.78. The minimum Gasteiger partial charge on any atom is -0.336 e. The van der Waals surface area contributed by atoms with Crippen LogP contribution in [-0.2, 0) is 0 Å². The van der Waals surface area contributed by atoms with Crippen molar-refractivity contribution < 1.29 is 0 Å². The topological polar surface area (TPSA) is 80.6 Å². The van der Waals surface area contributed by atoms with Crippen molar-refractivity contribution in [3.05, 3.63) is 22.2 Å². The van der Waals surface area contributed by atoms with Gasteiger partial charge in [-0.05, 0) is 28.3 Å². The molecule has 0 fully saturated rings. The molecule has 0 atom stereocenters. The molecule has 3 N–H and O–H groups in total. The molecule has 7 heteroatoms. The number of fused-ring (bicyclic) bond motifs is 1. The highest BCUT2D eigenvalue weighted by atomic mass is 79.9. The fourth-order valence-corrected chi connectivity index (χ4v) is 1.96. The monoisotopic (exact) mass is 285 g/mol. The Morgan fingerprint density at radius 3 is 3.00 bits per heavy atom. The van der Waals surface area contributed by atoms with Crippen LogP contribution in [-0.4, -0.2) is 20.9 Å². The number of rotatable bonds is 1.